The molecule has 1 saturated heterocycles. The van der Waals surface area contributed by atoms with E-state index in [1.807, 2.05) is 12.1 Å². The molecule has 2 aromatic heterocycles. The van der Waals surface area contributed by atoms with Gasteiger partial charge in [-0.15, -0.1) is 0 Å². The number of benzene rings is 1. The summed E-state index contributed by atoms with van der Waals surface area (Å²) in [7, 11) is 1.71. The molecule has 4 rings (SSSR count). The van der Waals surface area contributed by atoms with Gasteiger partial charge in [-0.3, -0.25) is 14.2 Å². The first-order chi connectivity index (χ1) is 14.5. The van der Waals surface area contributed by atoms with Gasteiger partial charge in [0.05, 0.1) is 11.6 Å². The molecule has 0 saturated carbocycles. The van der Waals surface area contributed by atoms with Crippen molar-refractivity contribution >= 4 is 38.6 Å². The van der Waals surface area contributed by atoms with E-state index in [4.69, 9.17) is 5.26 Å². The minimum absolute atomic E-state index is 0.0556. The predicted octanol–water partition coefficient (Wildman–Crippen LogP) is 1.50. The van der Waals surface area contributed by atoms with Crippen molar-refractivity contribution in [3.05, 3.63) is 51.1 Å². The fourth-order valence-electron chi connectivity index (χ4n) is 3.67. The van der Waals surface area contributed by atoms with E-state index >= 15 is 0 Å². The van der Waals surface area contributed by atoms with E-state index in [0.29, 0.717) is 40.8 Å². The summed E-state index contributed by atoms with van der Waals surface area (Å²) in [5.41, 5.74) is 1.85. The second-order valence-electron chi connectivity index (χ2n) is 7.17. The Morgan fingerprint density at radius 1 is 1.20 bits per heavy atom. The number of halogens is 1. The van der Waals surface area contributed by atoms with Crippen LogP contribution in [-0.4, -0.2) is 56.3 Å². The number of hydrogen-bond donors (Lipinski definition) is 0. The van der Waals surface area contributed by atoms with Crippen LogP contribution in [0.5, 0.6) is 0 Å². The lowest BCUT2D eigenvalue weighted by molar-refractivity contribution is -0.131. The van der Waals surface area contributed by atoms with Crippen molar-refractivity contribution in [1.82, 2.24) is 24.2 Å². The van der Waals surface area contributed by atoms with Gasteiger partial charge in [0, 0.05) is 38.9 Å². The summed E-state index contributed by atoms with van der Waals surface area (Å²) in [5.74, 6) is -0.111. The van der Waals surface area contributed by atoms with E-state index in [0.717, 1.165) is 18.7 Å². The number of fused-ring (bicyclic) bond motifs is 1. The molecule has 0 bridgehead atoms. The maximum absolute atomic E-state index is 12.9. The van der Waals surface area contributed by atoms with Crippen molar-refractivity contribution < 1.29 is 4.79 Å². The second-order valence-corrected chi connectivity index (χ2v) is 7.92. The van der Waals surface area contributed by atoms with Crippen molar-refractivity contribution in [3.8, 4) is 6.07 Å². The molecule has 1 fully saturated rings. The van der Waals surface area contributed by atoms with Gasteiger partial charge in [0.1, 0.15) is 22.9 Å². The Bertz CT molecular complexity index is 1190. The standard InChI is InChI=1S/C20H20BrN7O2/c1-25-19-17(18(21)24-25)20(30)28(13-23-19)12-16(29)27-8-2-7-26(9-10-27)15-5-3-14(11-22)4-6-15/h3-6,13H,2,7-10,12H2,1H3. The van der Waals surface area contributed by atoms with E-state index < -0.39 is 0 Å². The topological polar surface area (TPSA) is 100 Å². The number of amides is 1. The lowest BCUT2D eigenvalue weighted by atomic mass is 10.2. The molecule has 1 amide bonds. The van der Waals surface area contributed by atoms with Crippen LogP contribution in [-0.2, 0) is 18.4 Å². The summed E-state index contributed by atoms with van der Waals surface area (Å²) < 4.78 is 3.28. The normalized spacial score (nSPS) is 14.6. The average molecular weight is 470 g/mol. The molecule has 154 valence electrons. The van der Waals surface area contributed by atoms with Gasteiger partial charge in [0.2, 0.25) is 5.91 Å². The third kappa shape index (κ3) is 3.80. The lowest BCUT2D eigenvalue weighted by Crippen LogP contribution is -2.39. The number of nitriles is 1. The predicted molar refractivity (Wildman–Crippen MR) is 115 cm³/mol. The van der Waals surface area contributed by atoms with Crippen LogP contribution in [0.25, 0.3) is 11.0 Å². The maximum Gasteiger partial charge on any atom is 0.266 e. The van der Waals surface area contributed by atoms with Gasteiger partial charge in [-0.1, -0.05) is 0 Å². The van der Waals surface area contributed by atoms with E-state index in [2.05, 4.69) is 37.0 Å². The first kappa shape index (κ1) is 20.1. The summed E-state index contributed by atoms with van der Waals surface area (Å²) in [6, 6.07) is 9.59. The van der Waals surface area contributed by atoms with E-state index in [9.17, 15) is 9.59 Å². The van der Waals surface area contributed by atoms with Crippen LogP contribution in [0.3, 0.4) is 0 Å². The number of carbonyl (C=O) groups excluding carboxylic acids is 1. The number of carbonyl (C=O) groups is 1. The van der Waals surface area contributed by atoms with Gasteiger partial charge in [-0.25, -0.2) is 9.67 Å². The number of aryl methyl sites for hydroxylation is 1. The summed E-state index contributed by atoms with van der Waals surface area (Å²) in [5, 5.41) is 13.5. The zero-order valence-electron chi connectivity index (χ0n) is 16.5. The van der Waals surface area contributed by atoms with Crippen LogP contribution in [0.2, 0.25) is 0 Å². The van der Waals surface area contributed by atoms with Crippen LogP contribution in [0.15, 0.2) is 40.0 Å². The Kier molecular flexibility index (Phi) is 5.55. The molecule has 30 heavy (non-hydrogen) atoms. The zero-order chi connectivity index (χ0) is 21.3. The Morgan fingerprint density at radius 2 is 1.97 bits per heavy atom. The highest BCUT2D eigenvalue weighted by Crippen LogP contribution is 2.18. The molecular formula is C20H20BrN7O2. The molecule has 1 aliphatic rings. The fourth-order valence-corrected chi connectivity index (χ4v) is 4.25. The van der Waals surface area contributed by atoms with Crippen LogP contribution in [0.4, 0.5) is 5.69 Å². The van der Waals surface area contributed by atoms with Crippen molar-refractivity contribution in [2.45, 2.75) is 13.0 Å². The third-order valence-electron chi connectivity index (χ3n) is 5.28. The van der Waals surface area contributed by atoms with E-state index in [1.54, 1.807) is 24.1 Å². The van der Waals surface area contributed by atoms with Gasteiger partial charge in [-0.05, 0) is 46.6 Å². The van der Waals surface area contributed by atoms with Gasteiger partial charge < -0.3 is 9.80 Å². The molecule has 0 N–H and O–H groups in total. The fraction of sp³-hybridized carbons (Fsp3) is 0.350. The summed E-state index contributed by atoms with van der Waals surface area (Å²) >= 11 is 3.29. The molecule has 0 spiro atoms. The quantitative estimate of drug-likeness (QED) is 0.576. The maximum atomic E-state index is 12.9. The number of nitrogens with zero attached hydrogens (tertiary/aromatic N) is 7. The highest BCUT2D eigenvalue weighted by atomic mass is 79.9. The molecule has 0 radical (unpaired) electrons. The largest absolute Gasteiger partial charge is 0.370 e. The van der Waals surface area contributed by atoms with Crippen LogP contribution in [0, 0.1) is 11.3 Å². The Morgan fingerprint density at radius 3 is 2.70 bits per heavy atom. The highest BCUT2D eigenvalue weighted by molar-refractivity contribution is 9.10. The van der Waals surface area contributed by atoms with E-state index in [1.165, 1.54) is 15.6 Å². The summed E-state index contributed by atoms with van der Waals surface area (Å²) in [6.07, 6.45) is 2.23. The molecule has 3 heterocycles. The monoisotopic (exact) mass is 469 g/mol. The molecule has 1 aromatic carbocycles. The number of hydrogen-bond acceptors (Lipinski definition) is 6. The molecular weight excluding hydrogens is 450 g/mol. The number of rotatable bonds is 3. The van der Waals surface area contributed by atoms with Crippen molar-refractivity contribution in [2.75, 3.05) is 31.1 Å². The van der Waals surface area contributed by atoms with Crippen LogP contribution in [0.1, 0.15) is 12.0 Å². The van der Waals surface area contributed by atoms with Crippen LogP contribution < -0.4 is 10.5 Å². The minimum Gasteiger partial charge on any atom is -0.370 e. The molecule has 3 aromatic rings. The Labute approximate surface area is 181 Å². The first-order valence-electron chi connectivity index (χ1n) is 9.58. The SMILES string of the molecule is Cn1nc(Br)c2c(=O)n(CC(=O)N3CCCN(c4ccc(C#N)cc4)CC3)cnc21. The number of anilines is 1. The first-order valence-corrected chi connectivity index (χ1v) is 10.4. The molecule has 9 nitrogen and oxygen atoms in total. The Balaban J connectivity index is 1.46. The van der Waals surface area contributed by atoms with Gasteiger partial charge in [0.15, 0.2) is 5.65 Å². The number of aromatic nitrogens is 4. The molecule has 1 aliphatic heterocycles. The molecule has 10 heteroatoms. The van der Waals surface area contributed by atoms with E-state index in [-0.39, 0.29) is 18.0 Å². The lowest BCUT2D eigenvalue weighted by Gasteiger charge is -2.24. The molecule has 0 atom stereocenters. The van der Waals surface area contributed by atoms with Gasteiger partial charge in [-0.2, -0.15) is 10.4 Å². The average Bonchev–Trinajstić information content (AvgIpc) is 2.92. The van der Waals surface area contributed by atoms with Gasteiger partial charge in [0.25, 0.3) is 5.56 Å². The summed E-state index contributed by atoms with van der Waals surface area (Å²) in [4.78, 5) is 33.9. The van der Waals surface area contributed by atoms with Crippen molar-refractivity contribution in [1.29, 1.82) is 5.26 Å². The van der Waals surface area contributed by atoms with Crippen molar-refractivity contribution in [2.24, 2.45) is 7.05 Å². The molecule has 0 aliphatic carbocycles. The van der Waals surface area contributed by atoms with Crippen LogP contribution >= 0.6 is 15.9 Å². The minimum atomic E-state index is -0.289. The second kappa shape index (κ2) is 8.28. The zero-order valence-corrected chi connectivity index (χ0v) is 18.0. The summed E-state index contributed by atoms with van der Waals surface area (Å²) in [6.45, 7) is 2.66. The third-order valence-corrected chi connectivity index (χ3v) is 5.84. The molecule has 0 unspecified atom stereocenters. The smallest absolute Gasteiger partial charge is 0.266 e. The Hall–Kier alpha value is -3.19. The van der Waals surface area contributed by atoms with Crippen molar-refractivity contribution in [3.63, 3.8) is 0 Å². The van der Waals surface area contributed by atoms with Gasteiger partial charge >= 0.3 is 0 Å². The highest BCUT2D eigenvalue weighted by Gasteiger charge is 2.21.